The lowest BCUT2D eigenvalue weighted by Crippen LogP contribution is -2.49. The van der Waals surface area contributed by atoms with E-state index in [2.05, 4.69) is 90.2 Å². The highest BCUT2D eigenvalue weighted by atomic mass is 32.1. The van der Waals surface area contributed by atoms with Crippen LogP contribution in [0.3, 0.4) is 0 Å². The van der Waals surface area contributed by atoms with Crippen LogP contribution in [-0.2, 0) is 4.65 Å². The molecule has 2 N–H and O–H groups in total. The van der Waals surface area contributed by atoms with Crippen molar-refractivity contribution in [1.82, 2.24) is 5.32 Å². The SMILES string of the molecule is CC(C)(O)C(C)(C)O[B]c1ccc2sc3ccccc3c2c1-c1ccc(C2=NC(c3ccccc3)N=C(c3ccccc3)N2)cc1. The molecule has 7 heteroatoms. The molecular formula is C39H35BN3O2S. The number of nitrogens with zero attached hydrogens (tertiary/aromatic N) is 2. The van der Waals surface area contributed by atoms with Crippen molar-refractivity contribution < 1.29 is 9.76 Å². The van der Waals surface area contributed by atoms with Crippen LogP contribution >= 0.6 is 11.3 Å². The van der Waals surface area contributed by atoms with Gasteiger partial charge < -0.3 is 15.1 Å². The largest absolute Gasteiger partial charge is 0.427 e. The van der Waals surface area contributed by atoms with Gasteiger partial charge in [0.05, 0.1) is 11.2 Å². The normalized spacial score (nSPS) is 15.4. The summed E-state index contributed by atoms with van der Waals surface area (Å²) < 4.78 is 8.75. The van der Waals surface area contributed by atoms with Gasteiger partial charge in [-0.15, -0.1) is 11.3 Å². The van der Waals surface area contributed by atoms with E-state index in [1.807, 2.05) is 50.2 Å². The second-order valence-electron chi connectivity index (χ2n) is 12.6. The van der Waals surface area contributed by atoms with E-state index in [9.17, 15) is 5.11 Å². The summed E-state index contributed by atoms with van der Waals surface area (Å²) in [6.45, 7) is 7.36. The van der Waals surface area contributed by atoms with Gasteiger partial charge in [-0.25, -0.2) is 9.98 Å². The first-order valence-electron chi connectivity index (χ1n) is 15.5. The summed E-state index contributed by atoms with van der Waals surface area (Å²) in [7, 11) is 1.80. The summed E-state index contributed by atoms with van der Waals surface area (Å²) in [6.07, 6.45) is -0.351. The zero-order valence-corrected chi connectivity index (χ0v) is 27.2. The molecule has 1 aliphatic rings. The monoisotopic (exact) mass is 620 g/mol. The van der Waals surface area contributed by atoms with E-state index in [1.165, 1.54) is 20.2 Å². The molecule has 0 bridgehead atoms. The van der Waals surface area contributed by atoms with Crippen molar-refractivity contribution in [3.63, 3.8) is 0 Å². The molecule has 0 fully saturated rings. The Morgan fingerprint density at radius 3 is 1.93 bits per heavy atom. The molecule has 7 rings (SSSR count). The molecule has 0 spiro atoms. The minimum absolute atomic E-state index is 0.351. The molecule has 1 atom stereocenters. The van der Waals surface area contributed by atoms with E-state index < -0.39 is 11.2 Å². The average molecular weight is 621 g/mol. The molecule has 1 aliphatic heterocycles. The summed E-state index contributed by atoms with van der Waals surface area (Å²) in [5.41, 5.74) is 4.32. The van der Waals surface area contributed by atoms with Crippen molar-refractivity contribution in [2.45, 2.75) is 45.1 Å². The van der Waals surface area contributed by atoms with Gasteiger partial charge in [0.1, 0.15) is 11.7 Å². The lowest BCUT2D eigenvalue weighted by Gasteiger charge is -2.37. The molecule has 1 unspecified atom stereocenters. The van der Waals surface area contributed by atoms with Crippen molar-refractivity contribution in [3.05, 3.63) is 138 Å². The summed E-state index contributed by atoms with van der Waals surface area (Å²) in [4.78, 5) is 10.0. The van der Waals surface area contributed by atoms with Crippen LogP contribution in [0.25, 0.3) is 31.3 Å². The number of thiophene rings is 1. The van der Waals surface area contributed by atoms with E-state index in [0.29, 0.717) is 0 Å². The van der Waals surface area contributed by atoms with Gasteiger partial charge in [-0.1, -0.05) is 109 Å². The first-order chi connectivity index (χ1) is 22.2. The molecule has 1 aromatic heterocycles. The molecular weight excluding hydrogens is 585 g/mol. The molecule has 2 heterocycles. The summed E-state index contributed by atoms with van der Waals surface area (Å²) in [6, 6.07) is 41.7. The highest BCUT2D eigenvalue weighted by molar-refractivity contribution is 7.26. The Hall–Kier alpha value is -4.56. The Labute approximate surface area is 274 Å². The molecule has 1 radical (unpaired) electrons. The number of nitrogens with one attached hydrogen (secondary N) is 1. The van der Waals surface area contributed by atoms with Crippen LogP contribution in [0.2, 0.25) is 0 Å². The first kappa shape index (κ1) is 30.1. The Morgan fingerprint density at radius 1 is 0.674 bits per heavy atom. The van der Waals surface area contributed by atoms with Crippen molar-refractivity contribution in [2.75, 3.05) is 0 Å². The van der Waals surface area contributed by atoms with Gasteiger partial charge in [-0.05, 0) is 62.0 Å². The smallest absolute Gasteiger partial charge is 0.331 e. The number of hydrogen-bond acceptors (Lipinski definition) is 6. The molecule has 0 saturated carbocycles. The Kier molecular flexibility index (Phi) is 7.85. The highest BCUT2D eigenvalue weighted by Gasteiger charge is 2.36. The van der Waals surface area contributed by atoms with Gasteiger partial charge in [0.25, 0.3) is 0 Å². The maximum atomic E-state index is 10.8. The maximum Gasteiger partial charge on any atom is 0.331 e. The van der Waals surface area contributed by atoms with Gasteiger partial charge in [-0.2, -0.15) is 0 Å². The quantitative estimate of drug-likeness (QED) is 0.169. The van der Waals surface area contributed by atoms with Crippen LogP contribution in [-0.4, -0.2) is 35.5 Å². The van der Waals surface area contributed by atoms with Crippen LogP contribution < -0.4 is 10.8 Å². The van der Waals surface area contributed by atoms with Gasteiger partial charge in [-0.3, -0.25) is 0 Å². The van der Waals surface area contributed by atoms with Crippen molar-refractivity contribution >= 4 is 56.1 Å². The average Bonchev–Trinajstić information content (AvgIpc) is 3.46. The molecule has 0 amide bonds. The predicted octanol–water partition coefficient (Wildman–Crippen LogP) is 8.03. The fourth-order valence-electron chi connectivity index (χ4n) is 5.51. The number of amidine groups is 2. The fraction of sp³-hybridized carbons (Fsp3) is 0.179. The van der Waals surface area contributed by atoms with Crippen molar-refractivity contribution in [1.29, 1.82) is 0 Å². The van der Waals surface area contributed by atoms with E-state index in [1.54, 1.807) is 32.7 Å². The van der Waals surface area contributed by atoms with E-state index in [-0.39, 0.29) is 6.17 Å². The summed E-state index contributed by atoms with van der Waals surface area (Å²) >= 11 is 1.79. The predicted molar refractivity (Wildman–Crippen MR) is 193 cm³/mol. The molecule has 5 nitrogen and oxygen atoms in total. The van der Waals surface area contributed by atoms with Gasteiger partial charge in [0.15, 0.2) is 6.17 Å². The van der Waals surface area contributed by atoms with Gasteiger partial charge in [0.2, 0.25) is 0 Å². The molecule has 0 aliphatic carbocycles. The van der Waals surface area contributed by atoms with Crippen LogP contribution in [0.1, 0.15) is 50.6 Å². The second kappa shape index (κ2) is 12.0. The minimum Gasteiger partial charge on any atom is -0.427 e. The summed E-state index contributed by atoms with van der Waals surface area (Å²) in [5.74, 6) is 1.57. The van der Waals surface area contributed by atoms with Crippen molar-refractivity contribution in [3.8, 4) is 11.1 Å². The van der Waals surface area contributed by atoms with E-state index >= 15 is 0 Å². The van der Waals surface area contributed by atoms with E-state index in [4.69, 9.17) is 14.6 Å². The third kappa shape index (κ3) is 5.78. The number of aliphatic hydroxyl groups is 1. The van der Waals surface area contributed by atoms with Crippen LogP contribution in [0.15, 0.2) is 131 Å². The Bertz CT molecular complexity index is 2080. The molecule has 5 aromatic carbocycles. The Balaban J connectivity index is 1.30. The molecule has 0 saturated heterocycles. The number of rotatable bonds is 8. The second-order valence-corrected chi connectivity index (χ2v) is 13.7. The highest BCUT2D eigenvalue weighted by Crippen LogP contribution is 2.39. The first-order valence-corrected chi connectivity index (χ1v) is 16.3. The standard InChI is InChI=1S/C39H35BN3O2S/c1-38(2,44)39(3,4)45-40-30-23-24-32-34(29-17-11-12-18-31(29)46-32)33(30)25-19-21-28(22-20-25)37-42-35(26-13-7-5-8-14-26)41-36(43-37)27-15-9-6-10-16-27/h5-24,35,44H,1-4H3,(H,41,42,43). The zero-order chi connectivity index (χ0) is 31.9. The van der Waals surface area contributed by atoms with Gasteiger partial charge >= 0.3 is 7.48 Å². The zero-order valence-electron chi connectivity index (χ0n) is 26.4. The molecule has 227 valence electrons. The maximum absolute atomic E-state index is 10.8. The van der Waals surface area contributed by atoms with Crippen LogP contribution in [0.4, 0.5) is 0 Å². The lowest BCUT2D eigenvalue weighted by atomic mass is 9.77. The number of aliphatic imine (C=N–C) groups is 2. The van der Waals surface area contributed by atoms with Crippen molar-refractivity contribution in [2.24, 2.45) is 9.98 Å². The fourth-order valence-corrected chi connectivity index (χ4v) is 6.62. The molecule has 46 heavy (non-hydrogen) atoms. The number of benzene rings is 5. The van der Waals surface area contributed by atoms with Gasteiger partial charge in [0, 0.05) is 31.3 Å². The number of fused-ring (bicyclic) bond motifs is 3. The van der Waals surface area contributed by atoms with E-state index in [0.717, 1.165) is 45.0 Å². The molecule has 6 aromatic rings. The van der Waals surface area contributed by atoms with Crippen LogP contribution in [0, 0.1) is 0 Å². The lowest BCUT2D eigenvalue weighted by molar-refractivity contribution is -0.0893. The minimum atomic E-state index is -1.03. The third-order valence-electron chi connectivity index (χ3n) is 8.86. The third-order valence-corrected chi connectivity index (χ3v) is 10.00. The Morgan fingerprint density at radius 2 is 1.26 bits per heavy atom. The van der Waals surface area contributed by atoms with Crippen LogP contribution in [0.5, 0.6) is 0 Å². The topological polar surface area (TPSA) is 66.2 Å². The summed E-state index contributed by atoms with van der Waals surface area (Å²) in [5, 5.41) is 16.7. The number of hydrogen-bond donors (Lipinski definition) is 2.